The van der Waals surface area contributed by atoms with Gasteiger partial charge in [-0.2, -0.15) is 5.10 Å². The van der Waals surface area contributed by atoms with Crippen molar-refractivity contribution in [3.05, 3.63) is 21.8 Å². The van der Waals surface area contributed by atoms with E-state index in [1.165, 1.54) is 0 Å². The summed E-state index contributed by atoms with van der Waals surface area (Å²) in [6.45, 7) is 3.59. The lowest BCUT2D eigenvalue weighted by Crippen LogP contribution is -2.25. The Labute approximate surface area is 74.8 Å². The van der Waals surface area contributed by atoms with Gasteiger partial charge in [0.25, 0.3) is 0 Å². The first-order chi connectivity index (χ1) is 5.57. The van der Waals surface area contributed by atoms with Gasteiger partial charge in [-0.25, -0.2) is 4.68 Å². The van der Waals surface area contributed by atoms with E-state index < -0.39 is 0 Å². The van der Waals surface area contributed by atoms with Crippen LogP contribution in [0.3, 0.4) is 0 Å². The number of hydrogen-bond donors (Lipinski definition) is 2. The number of hydrogen-bond acceptors (Lipinski definition) is 3. The molecule has 0 saturated carbocycles. The Balaban J connectivity index is 3.60. The quantitative estimate of drug-likeness (QED) is 0.498. The zero-order chi connectivity index (χ0) is 9.30. The van der Waals surface area contributed by atoms with Crippen molar-refractivity contribution in [3.63, 3.8) is 0 Å². The molecule has 0 unspecified atom stereocenters. The standard InChI is InChI=1S/C7H9ClN4/c1-4-5(2)7(10)12(3-9)11-6(4)8/h3,9-10H,1-2H3. The predicted molar refractivity (Wildman–Crippen MR) is 46.7 cm³/mol. The molecule has 0 fully saturated rings. The summed E-state index contributed by atoms with van der Waals surface area (Å²) < 4.78 is 1.13. The van der Waals surface area contributed by atoms with E-state index in [1.54, 1.807) is 13.8 Å². The summed E-state index contributed by atoms with van der Waals surface area (Å²) in [6.07, 6.45) is 0.959. The van der Waals surface area contributed by atoms with Crippen molar-refractivity contribution in [1.82, 2.24) is 9.78 Å². The third kappa shape index (κ3) is 1.25. The molecule has 1 aromatic heterocycles. The van der Waals surface area contributed by atoms with Crippen molar-refractivity contribution in [1.29, 1.82) is 10.8 Å². The summed E-state index contributed by atoms with van der Waals surface area (Å²) in [5, 5.41) is 18.6. The van der Waals surface area contributed by atoms with E-state index >= 15 is 0 Å². The topological polar surface area (TPSA) is 65.5 Å². The van der Waals surface area contributed by atoms with Crippen molar-refractivity contribution in [2.75, 3.05) is 0 Å². The van der Waals surface area contributed by atoms with Crippen LogP contribution in [0.25, 0.3) is 0 Å². The fraction of sp³-hybridized carbons (Fsp3) is 0.286. The van der Waals surface area contributed by atoms with Gasteiger partial charge in [0.1, 0.15) is 6.34 Å². The molecular weight excluding hydrogens is 176 g/mol. The fourth-order valence-corrected chi connectivity index (χ4v) is 1.04. The van der Waals surface area contributed by atoms with E-state index in [4.69, 9.17) is 22.4 Å². The van der Waals surface area contributed by atoms with Crippen LogP contribution in [0.1, 0.15) is 11.1 Å². The van der Waals surface area contributed by atoms with Crippen LogP contribution in [-0.2, 0) is 0 Å². The van der Waals surface area contributed by atoms with Gasteiger partial charge in [0.15, 0.2) is 10.6 Å². The minimum Gasteiger partial charge on any atom is -0.289 e. The van der Waals surface area contributed by atoms with Gasteiger partial charge in [0, 0.05) is 0 Å². The maximum absolute atomic E-state index is 7.52. The number of halogens is 1. The monoisotopic (exact) mass is 184 g/mol. The van der Waals surface area contributed by atoms with E-state index in [0.717, 1.165) is 22.1 Å². The highest BCUT2D eigenvalue weighted by Gasteiger charge is 2.04. The Kier molecular flexibility index (Phi) is 2.28. The highest BCUT2D eigenvalue weighted by molar-refractivity contribution is 6.30. The van der Waals surface area contributed by atoms with Crippen molar-refractivity contribution in [3.8, 4) is 0 Å². The Bertz CT molecular complexity index is 380. The van der Waals surface area contributed by atoms with E-state index in [1.807, 2.05) is 0 Å². The van der Waals surface area contributed by atoms with Gasteiger partial charge >= 0.3 is 0 Å². The van der Waals surface area contributed by atoms with Crippen LogP contribution < -0.4 is 5.49 Å². The molecule has 0 saturated heterocycles. The minimum atomic E-state index is 0.201. The van der Waals surface area contributed by atoms with Gasteiger partial charge in [-0.1, -0.05) is 11.6 Å². The van der Waals surface area contributed by atoms with Crippen LogP contribution in [0, 0.1) is 24.7 Å². The molecule has 1 heterocycles. The van der Waals surface area contributed by atoms with Crippen LogP contribution in [0.5, 0.6) is 0 Å². The lowest BCUT2D eigenvalue weighted by Gasteiger charge is -2.04. The SMILES string of the molecule is Cc1c(Cl)nn(C=N)c(=N)c1C. The molecule has 12 heavy (non-hydrogen) atoms. The Morgan fingerprint density at radius 1 is 1.42 bits per heavy atom. The number of nitrogens with zero attached hydrogens (tertiary/aromatic N) is 2. The lowest BCUT2D eigenvalue weighted by molar-refractivity contribution is 0.805. The van der Waals surface area contributed by atoms with Crippen molar-refractivity contribution < 1.29 is 0 Å². The molecule has 0 aromatic carbocycles. The number of nitrogens with one attached hydrogen (secondary N) is 2. The molecule has 4 nitrogen and oxygen atoms in total. The highest BCUT2D eigenvalue weighted by Crippen LogP contribution is 2.10. The van der Waals surface area contributed by atoms with Crippen LogP contribution in [-0.4, -0.2) is 16.1 Å². The molecule has 1 aromatic rings. The Morgan fingerprint density at radius 3 is 2.50 bits per heavy atom. The zero-order valence-electron chi connectivity index (χ0n) is 6.85. The van der Waals surface area contributed by atoms with Gasteiger partial charge in [-0.15, -0.1) is 0 Å². The van der Waals surface area contributed by atoms with E-state index in [2.05, 4.69) is 5.10 Å². The molecule has 0 atom stereocenters. The maximum Gasteiger partial charge on any atom is 0.153 e. The second kappa shape index (κ2) is 3.06. The smallest absolute Gasteiger partial charge is 0.153 e. The van der Waals surface area contributed by atoms with Gasteiger partial charge < -0.3 is 0 Å². The summed E-state index contributed by atoms with van der Waals surface area (Å²) in [5.74, 6) is 0. The molecule has 0 bridgehead atoms. The molecule has 1 rings (SSSR count). The van der Waals surface area contributed by atoms with Gasteiger partial charge in [-0.3, -0.25) is 10.8 Å². The van der Waals surface area contributed by atoms with E-state index in [9.17, 15) is 0 Å². The Morgan fingerprint density at radius 2 is 2.00 bits per heavy atom. The molecular formula is C7H9ClN4. The highest BCUT2D eigenvalue weighted by atomic mass is 35.5. The molecule has 64 valence electrons. The fourth-order valence-electron chi connectivity index (χ4n) is 0.817. The third-order valence-electron chi connectivity index (χ3n) is 1.77. The summed E-state index contributed by atoms with van der Waals surface area (Å²) >= 11 is 5.75. The molecule has 2 N–H and O–H groups in total. The average molecular weight is 185 g/mol. The summed E-state index contributed by atoms with van der Waals surface area (Å²) in [7, 11) is 0. The lowest BCUT2D eigenvalue weighted by atomic mass is 10.2. The molecule has 0 aliphatic heterocycles. The van der Waals surface area contributed by atoms with Crippen molar-refractivity contribution in [2.45, 2.75) is 13.8 Å². The van der Waals surface area contributed by atoms with Crippen LogP contribution >= 0.6 is 11.6 Å². The molecule has 0 spiro atoms. The van der Waals surface area contributed by atoms with Crippen LogP contribution in [0.15, 0.2) is 0 Å². The summed E-state index contributed by atoms with van der Waals surface area (Å²) in [5.41, 5.74) is 1.74. The summed E-state index contributed by atoms with van der Waals surface area (Å²) in [4.78, 5) is 0. The number of rotatable bonds is 1. The predicted octanol–water partition coefficient (Wildman–Crippen LogP) is 1.09. The normalized spacial score (nSPS) is 9.92. The van der Waals surface area contributed by atoms with E-state index in [-0.39, 0.29) is 5.49 Å². The van der Waals surface area contributed by atoms with Crippen LogP contribution in [0.4, 0.5) is 0 Å². The Hall–Kier alpha value is -1.16. The van der Waals surface area contributed by atoms with Gasteiger partial charge in [0.05, 0.1) is 0 Å². The van der Waals surface area contributed by atoms with Gasteiger partial charge in [0.2, 0.25) is 0 Å². The first-order valence-corrected chi connectivity index (χ1v) is 3.76. The summed E-state index contributed by atoms with van der Waals surface area (Å²) in [6, 6.07) is 0. The average Bonchev–Trinajstić information content (AvgIpc) is 2.08. The number of aromatic nitrogens is 2. The van der Waals surface area contributed by atoms with Crippen molar-refractivity contribution in [2.24, 2.45) is 0 Å². The van der Waals surface area contributed by atoms with Gasteiger partial charge in [-0.05, 0) is 25.0 Å². The van der Waals surface area contributed by atoms with E-state index in [0.29, 0.717) is 5.15 Å². The molecule has 0 aliphatic rings. The van der Waals surface area contributed by atoms with Crippen LogP contribution in [0.2, 0.25) is 5.15 Å². The molecule has 0 amide bonds. The van der Waals surface area contributed by atoms with Crippen molar-refractivity contribution >= 4 is 17.9 Å². The zero-order valence-corrected chi connectivity index (χ0v) is 7.61. The third-order valence-corrected chi connectivity index (χ3v) is 2.13. The minimum absolute atomic E-state index is 0.201. The second-order valence-electron chi connectivity index (χ2n) is 2.46. The molecule has 0 radical (unpaired) electrons. The first-order valence-electron chi connectivity index (χ1n) is 3.38. The molecule has 0 aliphatic carbocycles. The molecule has 5 heteroatoms. The second-order valence-corrected chi connectivity index (χ2v) is 2.82. The maximum atomic E-state index is 7.52. The first kappa shape index (κ1) is 8.93. The largest absolute Gasteiger partial charge is 0.289 e.